The molecule has 1 saturated carbocycles. The summed E-state index contributed by atoms with van der Waals surface area (Å²) in [5.74, 6) is 1.62. The summed E-state index contributed by atoms with van der Waals surface area (Å²) < 4.78 is 26.4. The number of unbranched alkanes of at least 4 members (excludes halogenated alkanes) is 3. The van der Waals surface area contributed by atoms with E-state index in [1.807, 2.05) is 0 Å². The number of nitrogens with zero attached hydrogens (tertiary/aromatic N) is 2. The molecule has 1 aromatic rings. The molecular formula is C23H37FN2O2. The van der Waals surface area contributed by atoms with Crippen LogP contribution in [0.4, 0.5) is 4.39 Å². The lowest BCUT2D eigenvalue weighted by Gasteiger charge is -2.37. The first-order chi connectivity index (χ1) is 13.7. The minimum atomic E-state index is -0.325. The van der Waals surface area contributed by atoms with Gasteiger partial charge in [0.1, 0.15) is 5.82 Å². The highest BCUT2D eigenvalue weighted by Gasteiger charge is 2.33. The summed E-state index contributed by atoms with van der Waals surface area (Å²) in [6, 6.07) is 0. The summed E-state index contributed by atoms with van der Waals surface area (Å²) >= 11 is 0. The standard InChI is InChI=1S/C23H37FN2O2/c1-3-5-7-8-17-15-27-23(28-16-17)19-12-10-18(11-13-19)22-25-14-20(9-6-4-2)21(24)26-22/h14,17-19,23H,3-13,15-16H2,1-2H3/t17?,18-,19-,23?. The van der Waals surface area contributed by atoms with Gasteiger partial charge in [0.15, 0.2) is 6.29 Å². The number of halogens is 1. The molecule has 1 saturated heterocycles. The smallest absolute Gasteiger partial charge is 0.219 e. The SMILES string of the molecule is CCCCCC1COC([C@H]2CC[C@H](c3ncc(CCCC)c(F)n3)CC2)OC1. The fourth-order valence-corrected chi connectivity index (χ4v) is 4.46. The summed E-state index contributed by atoms with van der Waals surface area (Å²) in [4.78, 5) is 8.68. The molecule has 0 amide bonds. The van der Waals surface area contributed by atoms with Gasteiger partial charge < -0.3 is 9.47 Å². The van der Waals surface area contributed by atoms with Crippen molar-refractivity contribution in [3.05, 3.63) is 23.5 Å². The molecule has 2 aliphatic rings. The van der Waals surface area contributed by atoms with Crippen molar-refractivity contribution in [2.75, 3.05) is 13.2 Å². The monoisotopic (exact) mass is 392 g/mol. The van der Waals surface area contributed by atoms with Gasteiger partial charge in [-0.25, -0.2) is 9.97 Å². The van der Waals surface area contributed by atoms with E-state index in [2.05, 4.69) is 23.8 Å². The van der Waals surface area contributed by atoms with Crippen LogP contribution in [0.1, 0.15) is 95.4 Å². The van der Waals surface area contributed by atoms with Gasteiger partial charge in [0.05, 0.1) is 13.2 Å². The molecule has 0 bridgehead atoms. The first kappa shape index (κ1) is 21.6. The third-order valence-corrected chi connectivity index (χ3v) is 6.36. The Labute approximate surface area is 169 Å². The molecule has 0 atom stereocenters. The number of ether oxygens (including phenoxy) is 2. The fourth-order valence-electron chi connectivity index (χ4n) is 4.46. The molecule has 3 rings (SSSR count). The van der Waals surface area contributed by atoms with Crippen LogP contribution in [-0.2, 0) is 15.9 Å². The van der Waals surface area contributed by atoms with Crippen LogP contribution < -0.4 is 0 Å². The zero-order valence-electron chi connectivity index (χ0n) is 17.7. The van der Waals surface area contributed by atoms with Crippen LogP contribution in [0.15, 0.2) is 6.20 Å². The maximum atomic E-state index is 14.3. The lowest BCUT2D eigenvalue weighted by Crippen LogP contribution is -2.38. The van der Waals surface area contributed by atoms with Crippen LogP contribution in [0.5, 0.6) is 0 Å². The van der Waals surface area contributed by atoms with Crippen LogP contribution in [0.2, 0.25) is 0 Å². The largest absolute Gasteiger partial charge is 0.352 e. The summed E-state index contributed by atoms with van der Waals surface area (Å²) in [6.07, 6.45) is 13.5. The third kappa shape index (κ3) is 5.96. The Kier molecular flexibility index (Phi) is 8.66. The Morgan fingerprint density at radius 2 is 1.71 bits per heavy atom. The van der Waals surface area contributed by atoms with E-state index >= 15 is 0 Å². The maximum absolute atomic E-state index is 14.3. The van der Waals surface area contributed by atoms with Crippen LogP contribution in [0, 0.1) is 17.8 Å². The van der Waals surface area contributed by atoms with Crippen molar-refractivity contribution >= 4 is 0 Å². The minimum absolute atomic E-state index is 0.0579. The number of aryl methyl sites for hydroxylation is 1. The van der Waals surface area contributed by atoms with Crippen LogP contribution in [0.25, 0.3) is 0 Å². The lowest BCUT2D eigenvalue weighted by molar-refractivity contribution is -0.229. The highest BCUT2D eigenvalue weighted by atomic mass is 19.1. The van der Waals surface area contributed by atoms with Gasteiger partial charge in [0.25, 0.3) is 0 Å². The van der Waals surface area contributed by atoms with Crippen molar-refractivity contribution in [3.8, 4) is 0 Å². The first-order valence-electron chi connectivity index (χ1n) is 11.5. The molecule has 28 heavy (non-hydrogen) atoms. The molecule has 0 radical (unpaired) electrons. The Balaban J connectivity index is 1.43. The number of hydrogen-bond acceptors (Lipinski definition) is 4. The minimum Gasteiger partial charge on any atom is -0.352 e. The highest BCUT2D eigenvalue weighted by Crippen LogP contribution is 2.38. The van der Waals surface area contributed by atoms with Crippen LogP contribution >= 0.6 is 0 Å². The number of hydrogen-bond donors (Lipinski definition) is 0. The molecule has 0 aromatic carbocycles. The van der Waals surface area contributed by atoms with Gasteiger partial charge in [-0.15, -0.1) is 0 Å². The van der Waals surface area contributed by atoms with Crippen LogP contribution in [0.3, 0.4) is 0 Å². The van der Waals surface area contributed by atoms with E-state index in [9.17, 15) is 4.39 Å². The topological polar surface area (TPSA) is 44.2 Å². The van der Waals surface area contributed by atoms with Gasteiger partial charge in [-0.1, -0.05) is 39.5 Å². The Bertz CT molecular complexity index is 582. The predicted molar refractivity (Wildman–Crippen MR) is 109 cm³/mol. The third-order valence-electron chi connectivity index (χ3n) is 6.36. The van der Waals surface area contributed by atoms with Crippen molar-refractivity contribution in [1.82, 2.24) is 9.97 Å². The molecule has 5 heteroatoms. The van der Waals surface area contributed by atoms with Gasteiger partial charge in [-0.05, 0) is 44.9 Å². The lowest BCUT2D eigenvalue weighted by atomic mass is 9.81. The van der Waals surface area contributed by atoms with Gasteiger partial charge in [-0.3, -0.25) is 0 Å². The molecule has 1 aromatic heterocycles. The molecule has 1 aliphatic heterocycles. The van der Waals surface area contributed by atoms with Gasteiger partial charge in [0.2, 0.25) is 5.95 Å². The van der Waals surface area contributed by atoms with Crippen molar-refractivity contribution < 1.29 is 13.9 Å². The summed E-state index contributed by atoms with van der Waals surface area (Å²) in [5.41, 5.74) is 0.650. The average Bonchev–Trinajstić information content (AvgIpc) is 2.74. The zero-order valence-corrected chi connectivity index (χ0v) is 17.7. The van der Waals surface area contributed by atoms with E-state index in [1.54, 1.807) is 6.20 Å². The number of rotatable bonds is 9. The van der Waals surface area contributed by atoms with Crippen molar-refractivity contribution in [2.45, 2.75) is 96.7 Å². The summed E-state index contributed by atoms with van der Waals surface area (Å²) in [5, 5.41) is 0. The Morgan fingerprint density at radius 3 is 2.36 bits per heavy atom. The van der Waals surface area contributed by atoms with E-state index in [0.717, 1.165) is 58.2 Å². The summed E-state index contributed by atoms with van der Waals surface area (Å²) in [7, 11) is 0. The van der Waals surface area contributed by atoms with E-state index in [-0.39, 0.29) is 18.2 Å². The van der Waals surface area contributed by atoms with E-state index in [4.69, 9.17) is 9.47 Å². The van der Waals surface area contributed by atoms with Gasteiger partial charge >= 0.3 is 0 Å². The second-order valence-electron chi connectivity index (χ2n) is 8.66. The predicted octanol–water partition coefficient (Wildman–Crippen LogP) is 5.80. The second-order valence-corrected chi connectivity index (χ2v) is 8.66. The fraction of sp³-hybridized carbons (Fsp3) is 0.826. The molecule has 2 heterocycles. The quantitative estimate of drug-likeness (QED) is 0.393. The average molecular weight is 393 g/mol. The van der Waals surface area contributed by atoms with E-state index in [0.29, 0.717) is 23.2 Å². The maximum Gasteiger partial charge on any atom is 0.219 e. The molecule has 0 N–H and O–H groups in total. The zero-order chi connectivity index (χ0) is 19.8. The highest BCUT2D eigenvalue weighted by molar-refractivity contribution is 5.10. The van der Waals surface area contributed by atoms with E-state index in [1.165, 1.54) is 25.7 Å². The Morgan fingerprint density at radius 1 is 1.00 bits per heavy atom. The van der Waals surface area contributed by atoms with Crippen molar-refractivity contribution in [3.63, 3.8) is 0 Å². The molecule has 1 aliphatic carbocycles. The molecular weight excluding hydrogens is 355 g/mol. The van der Waals surface area contributed by atoms with E-state index < -0.39 is 0 Å². The van der Waals surface area contributed by atoms with Crippen molar-refractivity contribution in [2.24, 2.45) is 11.8 Å². The molecule has 4 nitrogen and oxygen atoms in total. The molecule has 0 unspecified atom stereocenters. The molecule has 2 fully saturated rings. The van der Waals surface area contributed by atoms with Crippen LogP contribution in [-0.4, -0.2) is 29.5 Å². The summed E-state index contributed by atoms with van der Waals surface area (Å²) in [6.45, 7) is 6.02. The Hall–Kier alpha value is -1.07. The first-order valence-corrected chi connectivity index (χ1v) is 11.5. The molecule has 158 valence electrons. The normalized spacial score (nSPS) is 28.4. The van der Waals surface area contributed by atoms with Gasteiger partial charge in [-0.2, -0.15) is 4.39 Å². The molecule has 0 spiro atoms. The van der Waals surface area contributed by atoms with Crippen molar-refractivity contribution in [1.29, 1.82) is 0 Å². The van der Waals surface area contributed by atoms with Gasteiger partial charge in [0, 0.05) is 29.5 Å². The second kappa shape index (κ2) is 11.2. The number of aromatic nitrogens is 2.